The van der Waals surface area contributed by atoms with Gasteiger partial charge in [0, 0.05) is 32.1 Å². The van der Waals surface area contributed by atoms with Crippen molar-refractivity contribution in [2.75, 3.05) is 33.8 Å². The summed E-state index contributed by atoms with van der Waals surface area (Å²) in [5.41, 5.74) is 1.71. The van der Waals surface area contributed by atoms with E-state index in [1.807, 2.05) is 0 Å². The van der Waals surface area contributed by atoms with Crippen LogP contribution in [0.3, 0.4) is 0 Å². The van der Waals surface area contributed by atoms with Crippen LogP contribution in [0.25, 0.3) is 16.7 Å². The molecule has 2 aliphatic carbocycles. The first-order valence-corrected chi connectivity index (χ1v) is 15.9. The highest BCUT2D eigenvalue weighted by atomic mass is 32.2. The molecule has 0 bridgehead atoms. The Kier molecular flexibility index (Phi) is 7.73. The highest BCUT2D eigenvalue weighted by molar-refractivity contribution is 7.87. The average molecular weight is 585 g/mol. The third-order valence-electron chi connectivity index (χ3n) is 8.84. The highest BCUT2D eigenvalue weighted by Gasteiger charge is 2.32. The van der Waals surface area contributed by atoms with E-state index in [0.717, 1.165) is 66.6 Å². The van der Waals surface area contributed by atoms with Crippen molar-refractivity contribution >= 4 is 27.1 Å². The van der Waals surface area contributed by atoms with E-state index in [1.165, 1.54) is 51.6 Å². The van der Waals surface area contributed by atoms with E-state index in [4.69, 9.17) is 9.84 Å². The van der Waals surface area contributed by atoms with E-state index in [9.17, 15) is 17.6 Å². The lowest BCUT2D eigenvalue weighted by molar-refractivity contribution is 0.0710. The van der Waals surface area contributed by atoms with Crippen LogP contribution in [-0.2, 0) is 10.2 Å². The third kappa shape index (κ3) is 5.69. The van der Waals surface area contributed by atoms with Crippen molar-refractivity contribution in [1.82, 2.24) is 28.7 Å². The molecule has 220 valence electrons. The lowest BCUT2D eigenvalue weighted by Gasteiger charge is -2.41. The van der Waals surface area contributed by atoms with Crippen molar-refractivity contribution in [2.24, 2.45) is 5.92 Å². The molecule has 1 aliphatic heterocycles. The fourth-order valence-corrected chi connectivity index (χ4v) is 6.29. The summed E-state index contributed by atoms with van der Waals surface area (Å²) in [6, 6.07) is 8.17. The number of aromatic nitrogens is 3. The first-order chi connectivity index (χ1) is 19.7. The summed E-state index contributed by atoms with van der Waals surface area (Å²) < 4.78 is 49.7. The lowest BCUT2D eigenvalue weighted by atomic mass is 9.82. The van der Waals surface area contributed by atoms with Gasteiger partial charge in [-0.25, -0.2) is 18.8 Å². The average Bonchev–Trinajstić information content (AvgIpc) is 3.25. The van der Waals surface area contributed by atoms with Crippen molar-refractivity contribution in [3.05, 3.63) is 47.5 Å². The molecule has 6 rings (SSSR count). The van der Waals surface area contributed by atoms with Gasteiger partial charge in [-0.1, -0.05) is 12.8 Å². The van der Waals surface area contributed by atoms with Crippen LogP contribution in [0, 0.1) is 11.7 Å². The van der Waals surface area contributed by atoms with Crippen LogP contribution in [0.5, 0.6) is 5.75 Å². The number of amides is 1. The standard InChI is InChI=1S/C29H37FN6O4S/c1-34(2)41(38,39)33-29(37)24-17-25(40-18-19-13-15-35(16-14-19)22-7-4-8-22)26-27(20-5-3-6-20)32-36(28(26)31-24)23-11-9-21(30)10-12-23/h9-12,17,19-20,22H,3-8,13-16,18H2,1-2H3,(H,33,37). The van der Waals surface area contributed by atoms with Gasteiger partial charge in [-0.15, -0.1) is 0 Å². The monoisotopic (exact) mass is 584 g/mol. The van der Waals surface area contributed by atoms with Crippen LogP contribution in [0.4, 0.5) is 4.39 Å². The Labute approximate surface area is 240 Å². The van der Waals surface area contributed by atoms with Crippen LogP contribution in [0.2, 0.25) is 0 Å². The lowest BCUT2D eigenvalue weighted by Crippen LogP contribution is -2.45. The topological polar surface area (TPSA) is 110 Å². The van der Waals surface area contributed by atoms with Gasteiger partial charge in [0.05, 0.1) is 23.4 Å². The zero-order valence-electron chi connectivity index (χ0n) is 23.6. The van der Waals surface area contributed by atoms with Gasteiger partial charge in [0.1, 0.15) is 17.3 Å². The molecule has 0 unspecified atom stereocenters. The zero-order valence-corrected chi connectivity index (χ0v) is 24.4. The molecule has 3 aromatic rings. The van der Waals surface area contributed by atoms with Crippen LogP contribution < -0.4 is 9.46 Å². The van der Waals surface area contributed by atoms with E-state index in [0.29, 0.717) is 29.6 Å². The normalized spacial score (nSPS) is 19.3. The molecule has 3 aliphatic rings. The Morgan fingerprint density at radius 3 is 2.34 bits per heavy atom. The maximum atomic E-state index is 13.8. The molecule has 3 fully saturated rings. The molecule has 1 amide bonds. The number of carbonyl (C=O) groups excluding carboxylic acids is 1. The van der Waals surface area contributed by atoms with Crippen LogP contribution in [0.1, 0.15) is 73.5 Å². The van der Waals surface area contributed by atoms with Crippen molar-refractivity contribution in [3.8, 4) is 11.4 Å². The van der Waals surface area contributed by atoms with Crippen LogP contribution >= 0.6 is 0 Å². The van der Waals surface area contributed by atoms with Crippen molar-refractivity contribution < 1.29 is 22.3 Å². The molecular formula is C29H37FN6O4S. The number of ether oxygens (including phenoxy) is 1. The first-order valence-electron chi connectivity index (χ1n) is 14.5. The van der Waals surface area contributed by atoms with E-state index in [1.54, 1.807) is 16.8 Å². The van der Waals surface area contributed by atoms with Crippen LogP contribution in [0.15, 0.2) is 30.3 Å². The molecule has 41 heavy (non-hydrogen) atoms. The minimum atomic E-state index is -4.04. The van der Waals surface area contributed by atoms with E-state index >= 15 is 0 Å². The first kappa shape index (κ1) is 28.0. The Morgan fingerprint density at radius 2 is 1.76 bits per heavy atom. The zero-order chi connectivity index (χ0) is 28.7. The third-order valence-corrected chi connectivity index (χ3v) is 10.2. The second kappa shape index (κ2) is 11.3. The van der Waals surface area contributed by atoms with Gasteiger partial charge in [-0.2, -0.15) is 17.8 Å². The van der Waals surface area contributed by atoms with Gasteiger partial charge >= 0.3 is 10.2 Å². The molecule has 2 aromatic heterocycles. The SMILES string of the molecule is CN(C)S(=O)(=O)NC(=O)c1cc(OCC2CCN(C3CCC3)CC2)c2c(C3CCC3)nn(-c3ccc(F)cc3)c2n1. The Hall–Kier alpha value is -3.09. The summed E-state index contributed by atoms with van der Waals surface area (Å²) in [6.07, 6.45) is 9.08. The maximum Gasteiger partial charge on any atom is 0.303 e. The molecule has 12 heteroatoms. The highest BCUT2D eigenvalue weighted by Crippen LogP contribution is 2.42. The number of piperidine rings is 1. The van der Waals surface area contributed by atoms with E-state index < -0.39 is 16.1 Å². The van der Waals surface area contributed by atoms with Gasteiger partial charge in [0.25, 0.3) is 5.91 Å². The Balaban J connectivity index is 1.37. The fraction of sp³-hybridized carbons (Fsp3) is 0.552. The summed E-state index contributed by atoms with van der Waals surface area (Å²) in [6.45, 7) is 2.62. The second-order valence-corrected chi connectivity index (χ2v) is 13.6. The number of nitrogens with zero attached hydrogens (tertiary/aromatic N) is 5. The minimum absolute atomic E-state index is 0.0962. The number of likely N-dealkylation sites (tertiary alicyclic amines) is 1. The summed E-state index contributed by atoms with van der Waals surface area (Å²) >= 11 is 0. The molecule has 1 saturated heterocycles. The summed E-state index contributed by atoms with van der Waals surface area (Å²) in [7, 11) is -1.36. The number of pyridine rings is 1. The molecule has 10 nitrogen and oxygen atoms in total. The van der Waals surface area contributed by atoms with Gasteiger partial charge < -0.3 is 9.64 Å². The quantitative estimate of drug-likeness (QED) is 0.405. The van der Waals surface area contributed by atoms with Crippen molar-refractivity contribution in [2.45, 2.75) is 63.3 Å². The van der Waals surface area contributed by atoms with Gasteiger partial charge in [0.2, 0.25) is 0 Å². The molecule has 0 atom stereocenters. The molecular weight excluding hydrogens is 547 g/mol. The van der Waals surface area contributed by atoms with E-state index in [2.05, 4.69) is 14.6 Å². The van der Waals surface area contributed by atoms with Gasteiger partial charge in [-0.3, -0.25) is 4.79 Å². The predicted molar refractivity (Wildman–Crippen MR) is 153 cm³/mol. The van der Waals surface area contributed by atoms with E-state index in [-0.39, 0.29) is 17.4 Å². The molecule has 3 heterocycles. The van der Waals surface area contributed by atoms with Crippen molar-refractivity contribution in [3.63, 3.8) is 0 Å². The summed E-state index contributed by atoms with van der Waals surface area (Å²) in [5, 5.41) is 5.62. The number of hydrogen-bond acceptors (Lipinski definition) is 7. The van der Waals surface area contributed by atoms with Gasteiger partial charge in [-0.05, 0) is 81.8 Å². The smallest absolute Gasteiger partial charge is 0.303 e. The molecule has 0 radical (unpaired) electrons. The number of hydrogen-bond donors (Lipinski definition) is 1. The number of nitrogens with one attached hydrogen (secondary N) is 1. The number of benzene rings is 1. The predicted octanol–water partition coefficient (Wildman–Crippen LogP) is 4.01. The molecule has 0 spiro atoms. The number of carbonyl (C=O) groups is 1. The fourth-order valence-electron chi connectivity index (χ4n) is 5.77. The Morgan fingerprint density at radius 1 is 1.07 bits per heavy atom. The maximum absolute atomic E-state index is 13.8. The number of fused-ring (bicyclic) bond motifs is 1. The number of halogens is 1. The largest absolute Gasteiger partial charge is 0.492 e. The Bertz CT molecular complexity index is 1520. The van der Waals surface area contributed by atoms with Crippen molar-refractivity contribution in [1.29, 1.82) is 0 Å². The summed E-state index contributed by atoms with van der Waals surface area (Å²) in [5.74, 6) is -0.169. The molecule has 2 saturated carbocycles. The molecule has 1 aromatic carbocycles. The summed E-state index contributed by atoms with van der Waals surface area (Å²) in [4.78, 5) is 20.4. The van der Waals surface area contributed by atoms with Crippen LogP contribution in [-0.4, -0.2) is 78.1 Å². The molecule has 1 N–H and O–H groups in total. The van der Waals surface area contributed by atoms with Gasteiger partial charge in [0.15, 0.2) is 5.65 Å². The number of rotatable bonds is 9. The minimum Gasteiger partial charge on any atom is -0.492 e. The second-order valence-electron chi connectivity index (χ2n) is 11.7.